The van der Waals surface area contributed by atoms with Crippen LogP contribution in [0.2, 0.25) is 0 Å². The molecule has 0 radical (unpaired) electrons. The van der Waals surface area contributed by atoms with E-state index >= 15 is 0 Å². The van der Waals surface area contributed by atoms with E-state index in [1.54, 1.807) is 13.2 Å². The standard InChI is InChI=1S/C21H23NO3/c1-25-20-11-15(7-10-18(20)23)21-17-9-8-16(12-19(17)24)22(21)13-14-5-3-2-4-6-14/h2-7,10-11,16-17,21,23H,8-9,12-13H2,1H3. The molecule has 2 heterocycles. The molecule has 3 atom stereocenters. The summed E-state index contributed by atoms with van der Waals surface area (Å²) in [5, 5.41) is 9.91. The number of fused-ring (bicyclic) bond motifs is 3. The number of Topliss-reactive ketones (excluding diaryl/α,β-unsaturated/α-hetero) is 1. The molecule has 0 amide bonds. The van der Waals surface area contributed by atoms with Crippen molar-refractivity contribution in [2.24, 2.45) is 5.92 Å². The van der Waals surface area contributed by atoms with Crippen molar-refractivity contribution >= 4 is 5.78 Å². The second-order valence-corrected chi connectivity index (χ2v) is 7.04. The first-order valence-corrected chi connectivity index (χ1v) is 8.86. The fourth-order valence-corrected chi connectivity index (χ4v) is 4.42. The van der Waals surface area contributed by atoms with Crippen molar-refractivity contribution in [3.63, 3.8) is 0 Å². The van der Waals surface area contributed by atoms with E-state index in [-0.39, 0.29) is 17.7 Å². The number of hydrogen-bond donors (Lipinski definition) is 1. The fraction of sp³-hybridized carbons (Fsp3) is 0.381. The molecule has 1 N–H and O–H groups in total. The van der Waals surface area contributed by atoms with Gasteiger partial charge in [0.05, 0.1) is 7.11 Å². The van der Waals surface area contributed by atoms with Crippen LogP contribution in [0.3, 0.4) is 0 Å². The molecule has 5 rings (SSSR count). The number of rotatable bonds is 4. The lowest BCUT2D eigenvalue weighted by molar-refractivity contribution is -0.138. The van der Waals surface area contributed by atoms with Crippen molar-refractivity contribution < 1.29 is 14.6 Å². The summed E-state index contributed by atoms with van der Waals surface area (Å²) < 4.78 is 5.28. The molecule has 4 heteroatoms. The number of phenolic OH excluding ortho intramolecular Hbond substituents is 1. The number of aromatic hydroxyl groups is 1. The number of ketones is 1. The van der Waals surface area contributed by atoms with Crippen LogP contribution in [0.15, 0.2) is 48.5 Å². The van der Waals surface area contributed by atoms with Crippen LogP contribution in [0.1, 0.15) is 36.4 Å². The molecule has 3 unspecified atom stereocenters. The van der Waals surface area contributed by atoms with Gasteiger partial charge in [0.15, 0.2) is 11.5 Å². The van der Waals surface area contributed by atoms with E-state index in [0.717, 1.165) is 24.9 Å². The molecule has 4 nitrogen and oxygen atoms in total. The lowest BCUT2D eigenvalue weighted by Gasteiger charge is -2.50. The van der Waals surface area contributed by atoms with Crippen molar-refractivity contribution in [3.05, 3.63) is 59.7 Å². The molecule has 3 fully saturated rings. The average molecular weight is 337 g/mol. The quantitative estimate of drug-likeness (QED) is 0.924. The van der Waals surface area contributed by atoms with Gasteiger partial charge in [-0.1, -0.05) is 36.4 Å². The number of phenols is 1. The lowest BCUT2D eigenvalue weighted by Crippen LogP contribution is -2.53. The Kier molecular flexibility index (Phi) is 4.22. The number of nitrogens with zero attached hydrogens (tertiary/aromatic N) is 1. The van der Waals surface area contributed by atoms with Gasteiger partial charge in [0.25, 0.3) is 0 Å². The van der Waals surface area contributed by atoms with E-state index in [9.17, 15) is 9.90 Å². The van der Waals surface area contributed by atoms with Gasteiger partial charge in [-0.05, 0) is 36.1 Å². The summed E-state index contributed by atoms with van der Waals surface area (Å²) in [7, 11) is 1.55. The highest BCUT2D eigenvalue weighted by atomic mass is 16.5. The lowest BCUT2D eigenvalue weighted by atomic mass is 9.71. The summed E-state index contributed by atoms with van der Waals surface area (Å²) in [6, 6.07) is 16.2. The molecule has 2 aliphatic heterocycles. The van der Waals surface area contributed by atoms with Crippen LogP contribution in [-0.4, -0.2) is 28.9 Å². The Balaban J connectivity index is 1.72. The molecule has 0 spiro atoms. The minimum Gasteiger partial charge on any atom is -0.504 e. The van der Waals surface area contributed by atoms with Crippen LogP contribution in [-0.2, 0) is 11.3 Å². The summed E-state index contributed by atoms with van der Waals surface area (Å²) in [5.74, 6) is 1.000. The van der Waals surface area contributed by atoms with Crippen molar-refractivity contribution in [1.29, 1.82) is 0 Å². The van der Waals surface area contributed by atoms with Gasteiger partial charge in [0, 0.05) is 31.0 Å². The second kappa shape index (κ2) is 6.52. The summed E-state index contributed by atoms with van der Waals surface area (Å²) in [4.78, 5) is 15.0. The Morgan fingerprint density at radius 3 is 2.68 bits per heavy atom. The van der Waals surface area contributed by atoms with E-state index in [4.69, 9.17) is 4.74 Å². The highest BCUT2D eigenvalue weighted by Crippen LogP contribution is 2.47. The smallest absolute Gasteiger partial charge is 0.160 e. The molecule has 2 saturated heterocycles. The summed E-state index contributed by atoms with van der Waals surface area (Å²) in [6.45, 7) is 0.836. The van der Waals surface area contributed by atoms with E-state index in [2.05, 4.69) is 29.2 Å². The third-order valence-electron chi connectivity index (χ3n) is 5.62. The molecule has 25 heavy (non-hydrogen) atoms. The Labute approximate surface area is 148 Å². The number of piperidine rings is 2. The van der Waals surface area contributed by atoms with Crippen molar-refractivity contribution in [2.45, 2.75) is 37.9 Å². The van der Waals surface area contributed by atoms with Gasteiger partial charge in [-0.2, -0.15) is 0 Å². The number of ether oxygens (including phenoxy) is 1. The summed E-state index contributed by atoms with van der Waals surface area (Å²) in [6.07, 6.45) is 2.68. The third kappa shape index (κ3) is 2.91. The zero-order valence-corrected chi connectivity index (χ0v) is 14.4. The average Bonchev–Trinajstić information content (AvgIpc) is 2.64. The highest BCUT2D eigenvalue weighted by Gasteiger charge is 2.47. The molecule has 1 saturated carbocycles. The maximum absolute atomic E-state index is 12.6. The number of hydrogen-bond acceptors (Lipinski definition) is 4. The van der Waals surface area contributed by atoms with Crippen LogP contribution < -0.4 is 4.74 Å². The van der Waals surface area contributed by atoms with Crippen LogP contribution >= 0.6 is 0 Å². The third-order valence-corrected chi connectivity index (χ3v) is 5.62. The minimum atomic E-state index is 0.0305. The molecule has 2 aromatic rings. The fourth-order valence-electron chi connectivity index (χ4n) is 4.42. The number of methoxy groups -OCH3 is 1. The Morgan fingerprint density at radius 2 is 1.96 bits per heavy atom. The maximum Gasteiger partial charge on any atom is 0.160 e. The van der Waals surface area contributed by atoms with Crippen LogP contribution in [0.25, 0.3) is 0 Å². The maximum atomic E-state index is 12.6. The van der Waals surface area contributed by atoms with Gasteiger partial charge in [0.1, 0.15) is 5.78 Å². The predicted molar refractivity (Wildman–Crippen MR) is 95.5 cm³/mol. The normalized spacial score (nSPS) is 26.0. The topological polar surface area (TPSA) is 49.8 Å². The highest BCUT2D eigenvalue weighted by molar-refractivity contribution is 5.84. The molecule has 0 aromatic heterocycles. The van der Waals surface area contributed by atoms with E-state index in [1.165, 1.54) is 5.56 Å². The molecular weight excluding hydrogens is 314 g/mol. The van der Waals surface area contributed by atoms with Gasteiger partial charge in [0.2, 0.25) is 0 Å². The van der Waals surface area contributed by atoms with Crippen molar-refractivity contribution in [1.82, 2.24) is 4.90 Å². The zero-order chi connectivity index (χ0) is 17.4. The largest absolute Gasteiger partial charge is 0.504 e. The van der Waals surface area contributed by atoms with Gasteiger partial charge in [-0.25, -0.2) is 0 Å². The second-order valence-electron chi connectivity index (χ2n) is 7.04. The predicted octanol–water partition coefficient (Wildman–Crippen LogP) is 3.70. The summed E-state index contributed by atoms with van der Waals surface area (Å²) >= 11 is 0. The first kappa shape index (κ1) is 16.2. The van der Waals surface area contributed by atoms with Gasteiger partial charge in [-0.15, -0.1) is 0 Å². The molecule has 3 aliphatic rings. The zero-order valence-electron chi connectivity index (χ0n) is 14.4. The molecular formula is C21H23NO3. The molecule has 130 valence electrons. The number of carbonyl (C=O) groups excluding carboxylic acids is 1. The Morgan fingerprint density at radius 1 is 1.16 bits per heavy atom. The van der Waals surface area contributed by atoms with E-state index in [1.807, 2.05) is 18.2 Å². The molecule has 2 aromatic carbocycles. The van der Waals surface area contributed by atoms with E-state index < -0.39 is 0 Å². The van der Waals surface area contributed by atoms with Gasteiger partial charge >= 0.3 is 0 Å². The number of carbonyl (C=O) groups is 1. The SMILES string of the molecule is COc1cc(C2C3CCC(CC3=O)N2Cc2ccccc2)ccc1O. The first-order chi connectivity index (χ1) is 12.2. The molecule has 1 aliphatic carbocycles. The van der Waals surface area contributed by atoms with Crippen molar-refractivity contribution in [3.8, 4) is 11.5 Å². The van der Waals surface area contributed by atoms with Crippen molar-refractivity contribution in [2.75, 3.05) is 7.11 Å². The van der Waals surface area contributed by atoms with Gasteiger partial charge in [-0.3, -0.25) is 9.69 Å². The van der Waals surface area contributed by atoms with Crippen LogP contribution in [0.5, 0.6) is 11.5 Å². The number of benzene rings is 2. The Hall–Kier alpha value is -2.33. The van der Waals surface area contributed by atoms with E-state index in [0.29, 0.717) is 24.0 Å². The first-order valence-electron chi connectivity index (χ1n) is 8.86. The Bertz CT molecular complexity index is 774. The van der Waals surface area contributed by atoms with Crippen LogP contribution in [0, 0.1) is 5.92 Å². The summed E-state index contributed by atoms with van der Waals surface area (Å²) in [5.41, 5.74) is 2.31. The minimum absolute atomic E-state index is 0.0305. The van der Waals surface area contributed by atoms with Gasteiger partial charge < -0.3 is 9.84 Å². The van der Waals surface area contributed by atoms with Crippen LogP contribution in [0.4, 0.5) is 0 Å². The molecule has 2 bridgehead atoms. The monoisotopic (exact) mass is 337 g/mol.